The van der Waals surface area contributed by atoms with Crippen molar-refractivity contribution >= 4 is 53.3 Å². The van der Waals surface area contributed by atoms with Crippen LogP contribution in [0.1, 0.15) is 125 Å². The van der Waals surface area contributed by atoms with Gasteiger partial charge in [-0.15, -0.1) is 0 Å². The van der Waals surface area contributed by atoms with E-state index in [1.807, 2.05) is 6.92 Å². The molecular formula is C41H78N12O10. The molecule has 0 saturated carbocycles. The SMILES string of the molecule is CC[C@H](C)[C@H](NC(=O)[C@H](CCC(=O)O)NC(=O)[C@H](CC(C)C)NC(=O)[C@H](CCCCN)NC(=O)[C@@H](NC(=O)[C@@H](N)CCCNC(=N)N)[C@@H](C)CC)C(=O)N[C@@H](CCCCN)C(=O)O. The third-order valence-corrected chi connectivity index (χ3v) is 10.7. The Balaban J connectivity index is 6.45. The first kappa shape index (κ1) is 57.9. The van der Waals surface area contributed by atoms with Gasteiger partial charge < -0.3 is 70.4 Å². The first-order valence-corrected chi connectivity index (χ1v) is 22.1. The number of rotatable bonds is 34. The average Bonchev–Trinajstić information content (AvgIpc) is 3.22. The number of carbonyl (C=O) groups is 8. The standard InChI is InChI=1S/C41H78N12O10/c1-7-24(5)32(52-34(56)26(44)14-13-21-47-41(45)46)38(60)49-27(15-9-11-19-42)35(57)51-30(22-23(3)4)37(59)48-28(17-18-31(54)55)36(58)53-33(25(6)8-2)39(61)50-29(40(62)63)16-10-12-20-43/h23-30,32-33H,7-22,42-44H2,1-6H3,(H,48,59)(H,49,60)(H,50,61)(H,51,57)(H,52,56)(H,53,58)(H,54,55)(H,62,63)(H4,45,46,47)/t24-,25-,26-,27-,28-,29-,30-,32-,33-/m0/s1. The van der Waals surface area contributed by atoms with E-state index < -0.39 is 102 Å². The third kappa shape index (κ3) is 23.8. The van der Waals surface area contributed by atoms with Crippen molar-refractivity contribution in [1.82, 2.24) is 37.2 Å². The zero-order valence-corrected chi connectivity index (χ0v) is 38.1. The second-order valence-electron chi connectivity index (χ2n) is 16.5. The minimum absolute atomic E-state index is 0.0678. The van der Waals surface area contributed by atoms with Gasteiger partial charge >= 0.3 is 11.9 Å². The van der Waals surface area contributed by atoms with Gasteiger partial charge in [0.1, 0.15) is 36.3 Å². The predicted octanol–water partition coefficient (Wildman–Crippen LogP) is -1.17. The fourth-order valence-electron chi connectivity index (χ4n) is 6.41. The van der Waals surface area contributed by atoms with E-state index in [1.165, 1.54) is 0 Å². The quantitative estimate of drug-likeness (QED) is 0.0206. The van der Waals surface area contributed by atoms with Gasteiger partial charge in [-0.05, 0) is 95.1 Å². The monoisotopic (exact) mass is 899 g/mol. The number of carboxylic acid groups (broad SMARTS) is 2. The van der Waals surface area contributed by atoms with Gasteiger partial charge in [-0.3, -0.25) is 39.0 Å². The smallest absolute Gasteiger partial charge is 0.326 e. The summed E-state index contributed by atoms with van der Waals surface area (Å²) in [5.74, 6) is -8.30. The van der Waals surface area contributed by atoms with E-state index in [-0.39, 0.29) is 49.9 Å². The molecule has 0 aromatic heterocycles. The van der Waals surface area contributed by atoms with Crippen LogP contribution in [0.25, 0.3) is 0 Å². The van der Waals surface area contributed by atoms with Crippen LogP contribution in [0, 0.1) is 23.2 Å². The molecule has 0 spiro atoms. The summed E-state index contributed by atoms with van der Waals surface area (Å²) in [7, 11) is 0. The van der Waals surface area contributed by atoms with Crippen LogP contribution in [-0.2, 0) is 38.4 Å². The van der Waals surface area contributed by atoms with Crippen molar-refractivity contribution in [3.05, 3.63) is 0 Å². The van der Waals surface area contributed by atoms with Crippen molar-refractivity contribution < 1.29 is 48.6 Å². The van der Waals surface area contributed by atoms with Crippen LogP contribution in [0.3, 0.4) is 0 Å². The Labute approximate surface area is 371 Å². The minimum atomic E-state index is -1.49. The van der Waals surface area contributed by atoms with Gasteiger partial charge in [-0.2, -0.15) is 0 Å². The molecule has 0 heterocycles. The lowest BCUT2D eigenvalue weighted by molar-refractivity contribution is -0.143. The highest BCUT2D eigenvalue weighted by atomic mass is 16.4. The van der Waals surface area contributed by atoms with Gasteiger partial charge in [0, 0.05) is 13.0 Å². The number of nitrogens with one attached hydrogen (secondary N) is 8. The number of unbranched alkanes of at least 4 members (excludes halogenated alkanes) is 2. The molecule has 0 aliphatic carbocycles. The molecule has 9 atom stereocenters. The molecule has 22 nitrogen and oxygen atoms in total. The van der Waals surface area contributed by atoms with Gasteiger partial charge in [0.2, 0.25) is 35.4 Å². The maximum Gasteiger partial charge on any atom is 0.326 e. The number of hydrogen-bond acceptors (Lipinski definition) is 12. The Morgan fingerprint density at radius 1 is 0.556 bits per heavy atom. The molecule has 63 heavy (non-hydrogen) atoms. The van der Waals surface area contributed by atoms with E-state index in [9.17, 15) is 48.6 Å². The van der Waals surface area contributed by atoms with Crippen LogP contribution >= 0.6 is 0 Å². The summed E-state index contributed by atoms with van der Waals surface area (Å²) in [6.07, 6.45) is 2.78. The minimum Gasteiger partial charge on any atom is -0.481 e. The van der Waals surface area contributed by atoms with Gasteiger partial charge in [-0.25, -0.2) is 4.79 Å². The molecule has 18 N–H and O–H groups in total. The summed E-state index contributed by atoms with van der Waals surface area (Å²) < 4.78 is 0. The number of carboxylic acids is 2. The maximum absolute atomic E-state index is 14.0. The highest BCUT2D eigenvalue weighted by molar-refractivity contribution is 5.97. The normalized spacial score (nSPS) is 15.5. The highest BCUT2D eigenvalue weighted by Crippen LogP contribution is 2.14. The summed E-state index contributed by atoms with van der Waals surface area (Å²) in [6, 6.07) is -8.51. The molecule has 0 saturated heterocycles. The molecule has 0 aromatic carbocycles. The van der Waals surface area contributed by atoms with E-state index in [2.05, 4.69) is 37.2 Å². The number of hydrogen-bond donors (Lipinski definition) is 14. The number of guanidine groups is 1. The fourth-order valence-corrected chi connectivity index (χ4v) is 6.41. The molecule has 362 valence electrons. The number of nitrogens with two attached hydrogens (primary N) is 4. The van der Waals surface area contributed by atoms with E-state index in [0.29, 0.717) is 64.6 Å². The summed E-state index contributed by atoms with van der Waals surface area (Å²) in [5.41, 5.74) is 22.6. The molecule has 0 aliphatic rings. The van der Waals surface area contributed by atoms with Gasteiger partial charge in [-0.1, -0.05) is 54.4 Å². The largest absolute Gasteiger partial charge is 0.481 e. The van der Waals surface area contributed by atoms with E-state index in [1.54, 1.807) is 34.6 Å². The second-order valence-corrected chi connectivity index (χ2v) is 16.5. The molecule has 0 aromatic rings. The summed E-state index contributed by atoms with van der Waals surface area (Å²) in [5, 5.41) is 44.9. The van der Waals surface area contributed by atoms with Crippen LogP contribution in [0.5, 0.6) is 0 Å². The maximum atomic E-state index is 14.0. The zero-order chi connectivity index (χ0) is 48.2. The second kappa shape index (κ2) is 31.7. The van der Waals surface area contributed by atoms with Crippen LogP contribution in [-0.4, -0.2) is 125 Å². The molecule has 22 heteroatoms. The van der Waals surface area contributed by atoms with Crippen molar-refractivity contribution in [3.63, 3.8) is 0 Å². The van der Waals surface area contributed by atoms with Crippen molar-refractivity contribution in [2.24, 2.45) is 40.7 Å². The molecule has 0 unspecified atom stereocenters. The number of aliphatic carboxylic acids is 2. The Morgan fingerprint density at radius 2 is 0.984 bits per heavy atom. The Morgan fingerprint density at radius 3 is 1.44 bits per heavy atom. The molecule has 6 amide bonds. The fraction of sp³-hybridized carbons (Fsp3) is 0.780. The van der Waals surface area contributed by atoms with E-state index in [4.69, 9.17) is 28.3 Å². The van der Waals surface area contributed by atoms with E-state index >= 15 is 0 Å². The van der Waals surface area contributed by atoms with Crippen molar-refractivity contribution in [1.29, 1.82) is 5.41 Å². The highest BCUT2D eigenvalue weighted by Gasteiger charge is 2.36. The summed E-state index contributed by atoms with van der Waals surface area (Å²) in [6.45, 7) is 11.6. The Bertz CT molecular complexity index is 1490. The first-order valence-electron chi connectivity index (χ1n) is 22.1. The predicted molar refractivity (Wildman–Crippen MR) is 237 cm³/mol. The van der Waals surface area contributed by atoms with Crippen molar-refractivity contribution in [2.75, 3.05) is 19.6 Å². The van der Waals surface area contributed by atoms with Crippen molar-refractivity contribution in [3.8, 4) is 0 Å². The summed E-state index contributed by atoms with van der Waals surface area (Å²) >= 11 is 0. The molecule has 0 aliphatic heterocycles. The Hall–Kier alpha value is -5.09. The number of amides is 6. The van der Waals surface area contributed by atoms with Gasteiger partial charge in [0.05, 0.1) is 6.04 Å². The third-order valence-electron chi connectivity index (χ3n) is 10.7. The lowest BCUT2D eigenvalue weighted by Gasteiger charge is -2.30. The van der Waals surface area contributed by atoms with E-state index in [0.717, 1.165) is 0 Å². The first-order chi connectivity index (χ1) is 29.6. The molecular weight excluding hydrogens is 821 g/mol. The Kier molecular flexibility index (Phi) is 29.1. The lowest BCUT2D eigenvalue weighted by Crippen LogP contribution is -2.61. The topological polar surface area (TPSA) is 389 Å². The molecule has 0 radical (unpaired) electrons. The molecule has 0 fully saturated rings. The number of carbonyl (C=O) groups excluding carboxylic acids is 6. The van der Waals surface area contributed by atoms with Crippen LogP contribution in [0.15, 0.2) is 0 Å². The lowest BCUT2D eigenvalue weighted by atomic mass is 9.96. The van der Waals surface area contributed by atoms with Crippen LogP contribution in [0.2, 0.25) is 0 Å². The van der Waals surface area contributed by atoms with Crippen LogP contribution < -0.4 is 60.2 Å². The van der Waals surface area contributed by atoms with Gasteiger partial charge in [0.15, 0.2) is 5.96 Å². The summed E-state index contributed by atoms with van der Waals surface area (Å²) in [4.78, 5) is 106. The molecule has 0 bridgehead atoms. The average molecular weight is 899 g/mol. The zero-order valence-electron chi connectivity index (χ0n) is 38.1. The van der Waals surface area contributed by atoms with Crippen molar-refractivity contribution in [2.45, 2.75) is 167 Å². The van der Waals surface area contributed by atoms with Crippen LogP contribution in [0.4, 0.5) is 0 Å². The van der Waals surface area contributed by atoms with Gasteiger partial charge in [0.25, 0.3) is 0 Å². The molecule has 0 rings (SSSR count).